The summed E-state index contributed by atoms with van der Waals surface area (Å²) in [6.45, 7) is 0.957. The van der Waals surface area contributed by atoms with Crippen LogP contribution < -0.4 is 9.47 Å². The van der Waals surface area contributed by atoms with E-state index in [1.807, 2.05) is 6.07 Å². The predicted octanol–water partition coefficient (Wildman–Crippen LogP) is 2.54. The van der Waals surface area contributed by atoms with Gasteiger partial charge in [0.15, 0.2) is 17.3 Å². The second-order valence-corrected chi connectivity index (χ2v) is 4.31. The molecule has 0 bridgehead atoms. The van der Waals surface area contributed by atoms with Gasteiger partial charge in [-0.05, 0) is 29.8 Å². The van der Waals surface area contributed by atoms with E-state index in [0.717, 1.165) is 0 Å². The Labute approximate surface area is 115 Å². The molecule has 100 valence electrons. The first-order valence-corrected chi connectivity index (χ1v) is 6.16. The molecule has 1 atom stereocenters. The van der Waals surface area contributed by atoms with E-state index >= 15 is 0 Å². The topological polar surface area (TPSA) is 72.5 Å². The Morgan fingerprint density at radius 1 is 1.20 bits per heavy atom. The van der Waals surface area contributed by atoms with Crippen LogP contribution in [0.25, 0.3) is 0 Å². The average Bonchev–Trinajstić information content (AvgIpc) is 3.02. The van der Waals surface area contributed by atoms with Crippen LogP contribution in [0.2, 0.25) is 0 Å². The predicted molar refractivity (Wildman–Crippen MR) is 68.8 cm³/mol. The zero-order valence-electron chi connectivity index (χ0n) is 10.5. The molecule has 1 unspecified atom stereocenters. The van der Waals surface area contributed by atoms with Gasteiger partial charge in [-0.2, -0.15) is 5.26 Å². The van der Waals surface area contributed by atoms with Gasteiger partial charge in [0.1, 0.15) is 19.1 Å². The Kier molecular flexibility index (Phi) is 3.13. The number of fused-ring (bicyclic) bond motifs is 1. The number of ketones is 1. The lowest BCUT2D eigenvalue weighted by atomic mass is 9.94. The first-order chi connectivity index (χ1) is 9.79. The third-order valence-electron chi connectivity index (χ3n) is 3.05. The molecular weight excluding hydrogens is 258 g/mol. The van der Waals surface area contributed by atoms with Gasteiger partial charge in [0, 0.05) is 0 Å². The first kappa shape index (κ1) is 12.3. The smallest absolute Gasteiger partial charge is 0.219 e. The van der Waals surface area contributed by atoms with Gasteiger partial charge < -0.3 is 13.9 Å². The lowest BCUT2D eigenvalue weighted by Crippen LogP contribution is -2.16. The van der Waals surface area contributed by atoms with Gasteiger partial charge in [0.2, 0.25) is 5.78 Å². The van der Waals surface area contributed by atoms with Crippen LogP contribution in [0.1, 0.15) is 22.0 Å². The van der Waals surface area contributed by atoms with E-state index in [2.05, 4.69) is 0 Å². The molecule has 2 aromatic rings. The lowest BCUT2D eigenvalue weighted by molar-refractivity contribution is 0.0951. The van der Waals surface area contributed by atoms with Crippen molar-refractivity contribution in [3.8, 4) is 17.6 Å². The van der Waals surface area contributed by atoms with Crippen molar-refractivity contribution in [2.24, 2.45) is 0 Å². The van der Waals surface area contributed by atoms with E-state index in [0.29, 0.717) is 30.3 Å². The van der Waals surface area contributed by atoms with Crippen molar-refractivity contribution >= 4 is 5.78 Å². The van der Waals surface area contributed by atoms with Crippen LogP contribution in [-0.2, 0) is 0 Å². The molecule has 0 radical (unpaired) electrons. The molecule has 3 rings (SSSR count). The zero-order chi connectivity index (χ0) is 13.9. The molecule has 5 heteroatoms. The maximum absolute atomic E-state index is 12.2. The second-order valence-electron chi connectivity index (χ2n) is 4.31. The summed E-state index contributed by atoms with van der Waals surface area (Å²) in [7, 11) is 0. The lowest BCUT2D eigenvalue weighted by Gasteiger charge is -2.19. The molecule has 0 amide bonds. The number of carbonyl (C=O) groups is 1. The summed E-state index contributed by atoms with van der Waals surface area (Å²) in [4.78, 5) is 12.2. The molecule has 0 saturated heterocycles. The number of rotatable bonds is 3. The minimum atomic E-state index is -0.919. The van der Waals surface area contributed by atoms with E-state index in [4.69, 9.17) is 13.9 Å². The number of Topliss-reactive ketones (excluding diaryl/α,β-unsaturated/α-hetero) is 1. The van der Waals surface area contributed by atoms with E-state index in [1.54, 1.807) is 30.3 Å². The zero-order valence-corrected chi connectivity index (χ0v) is 10.5. The molecule has 0 spiro atoms. The van der Waals surface area contributed by atoms with Crippen molar-refractivity contribution in [1.29, 1.82) is 5.26 Å². The molecular formula is C15H11NO4. The van der Waals surface area contributed by atoms with Crippen LogP contribution in [0, 0.1) is 11.3 Å². The summed E-state index contributed by atoms with van der Waals surface area (Å²) in [5.74, 6) is 0.0703. The van der Waals surface area contributed by atoms with Crippen molar-refractivity contribution in [3.63, 3.8) is 0 Å². The molecule has 1 aliphatic heterocycles. The fourth-order valence-electron chi connectivity index (χ4n) is 2.09. The summed E-state index contributed by atoms with van der Waals surface area (Å²) < 4.78 is 15.9. The average molecular weight is 269 g/mol. The van der Waals surface area contributed by atoms with Crippen LogP contribution in [0.5, 0.6) is 11.5 Å². The quantitative estimate of drug-likeness (QED) is 0.800. The Hall–Kier alpha value is -2.74. The van der Waals surface area contributed by atoms with Gasteiger partial charge in [-0.1, -0.05) is 6.07 Å². The fourth-order valence-corrected chi connectivity index (χ4v) is 2.09. The largest absolute Gasteiger partial charge is 0.486 e. The molecule has 1 aromatic carbocycles. The van der Waals surface area contributed by atoms with Gasteiger partial charge in [-0.25, -0.2) is 0 Å². The van der Waals surface area contributed by atoms with Gasteiger partial charge in [0.25, 0.3) is 0 Å². The van der Waals surface area contributed by atoms with Crippen LogP contribution in [0.3, 0.4) is 0 Å². The van der Waals surface area contributed by atoms with Gasteiger partial charge in [0.05, 0.1) is 12.3 Å². The van der Waals surface area contributed by atoms with Crippen molar-refractivity contribution in [2.45, 2.75) is 5.92 Å². The number of hydrogen-bond acceptors (Lipinski definition) is 5. The van der Waals surface area contributed by atoms with Crippen molar-refractivity contribution in [3.05, 3.63) is 47.9 Å². The Balaban J connectivity index is 1.94. The molecule has 0 saturated carbocycles. The third-order valence-corrected chi connectivity index (χ3v) is 3.05. The van der Waals surface area contributed by atoms with E-state index in [-0.39, 0.29) is 11.5 Å². The molecule has 0 aliphatic carbocycles. The monoisotopic (exact) mass is 269 g/mol. The molecule has 1 aliphatic rings. The van der Waals surface area contributed by atoms with Crippen LogP contribution >= 0.6 is 0 Å². The van der Waals surface area contributed by atoms with Gasteiger partial charge in [-0.3, -0.25) is 4.79 Å². The highest BCUT2D eigenvalue weighted by atomic mass is 16.6. The standard InChI is InChI=1S/C15H11NO4/c16-9-11(15(17)13-2-1-5-18-13)10-3-4-12-14(8-10)20-7-6-19-12/h1-5,8,11H,6-7H2. The van der Waals surface area contributed by atoms with Gasteiger partial charge in [-0.15, -0.1) is 0 Å². The second kappa shape index (κ2) is 5.10. The highest BCUT2D eigenvalue weighted by Gasteiger charge is 2.25. The van der Waals surface area contributed by atoms with Crippen LogP contribution in [0.4, 0.5) is 0 Å². The molecule has 5 nitrogen and oxygen atoms in total. The van der Waals surface area contributed by atoms with Crippen LogP contribution in [-0.4, -0.2) is 19.0 Å². The molecule has 0 N–H and O–H groups in total. The van der Waals surface area contributed by atoms with Crippen LogP contribution in [0.15, 0.2) is 41.0 Å². The van der Waals surface area contributed by atoms with Crippen molar-refractivity contribution < 1.29 is 18.7 Å². The SMILES string of the molecule is N#CC(C(=O)c1ccco1)c1ccc2c(c1)OCCO2. The molecule has 0 fully saturated rings. The summed E-state index contributed by atoms with van der Waals surface area (Å²) in [5, 5.41) is 9.27. The van der Waals surface area contributed by atoms with E-state index in [1.165, 1.54) is 6.26 Å². The maximum atomic E-state index is 12.2. The maximum Gasteiger partial charge on any atom is 0.219 e. The molecule has 2 heterocycles. The van der Waals surface area contributed by atoms with Crippen molar-refractivity contribution in [2.75, 3.05) is 13.2 Å². The minimum Gasteiger partial charge on any atom is -0.486 e. The first-order valence-electron chi connectivity index (χ1n) is 6.16. The minimum absolute atomic E-state index is 0.173. The number of benzene rings is 1. The summed E-state index contributed by atoms with van der Waals surface area (Å²) in [6, 6.07) is 10.2. The number of carbonyl (C=O) groups excluding carboxylic acids is 1. The Bertz CT molecular complexity index is 670. The number of nitriles is 1. The Morgan fingerprint density at radius 2 is 2.00 bits per heavy atom. The number of nitrogens with zero attached hydrogens (tertiary/aromatic N) is 1. The van der Waals surface area contributed by atoms with E-state index in [9.17, 15) is 10.1 Å². The molecule has 20 heavy (non-hydrogen) atoms. The van der Waals surface area contributed by atoms with Crippen molar-refractivity contribution in [1.82, 2.24) is 0 Å². The number of hydrogen-bond donors (Lipinski definition) is 0. The highest BCUT2D eigenvalue weighted by Crippen LogP contribution is 2.33. The van der Waals surface area contributed by atoms with Gasteiger partial charge >= 0.3 is 0 Å². The summed E-state index contributed by atoms with van der Waals surface area (Å²) >= 11 is 0. The third kappa shape index (κ3) is 2.12. The Morgan fingerprint density at radius 3 is 2.70 bits per heavy atom. The number of furan rings is 1. The highest BCUT2D eigenvalue weighted by molar-refractivity contribution is 6.00. The normalized spacial score (nSPS) is 14.3. The summed E-state index contributed by atoms with van der Waals surface area (Å²) in [5.41, 5.74) is 0.568. The number of ether oxygens (including phenoxy) is 2. The fraction of sp³-hybridized carbons (Fsp3) is 0.200. The molecule has 1 aromatic heterocycles. The summed E-state index contributed by atoms with van der Waals surface area (Å²) in [6.07, 6.45) is 1.41. The van der Waals surface area contributed by atoms with E-state index < -0.39 is 5.92 Å².